The summed E-state index contributed by atoms with van der Waals surface area (Å²) in [6, 6.07) is -1.40. The SMILES string of the molecule is CCC(NC(=O)NC(C)C1CCCO1)C(=O)O. The van der Waals surface area contributed by atoms with E-state index in [1.165, 1.54) is 0 Å². The maximum atomic E-state index is 11.5. The van der Waals surface area contributed by atoms with E-state index in [-0.39, 0.29) is 12.1 Å². The summed E-state index contributed by atoms with van der Waals surface area (Å²) < 4.78 is 5.44. The van der Waals surface area contributed by atoms with Gasteiger partial charge in [-0.2, -0.15) is 0 Å². The van der Waals surface area contributed by atoms with E-state index in [0.717, 1.165) is 19.4 Å². The summed E-state index contributed by atoms with van der Waals surface area (Å²) in [4.78, 5) is 22.3. The number of carbonyl (C=O) groups is 2. The molecule has 0 saturated carbocycles. The molecule has 1 aliphatic rings. The van der Waals surface area contributed by atoms with Gasteiger partial charge in [-0.1, -0.05) is 6.92 Å². The molecule has 0 aromatic heterocycles. The first-order valence-electron chi connectivity index (χ1n) is 5.96. The van der Waals surface area contributed by atoms with Gasteiger partial charge in [-0.25, -0.2) is 9.59 Å². The third-order valence-corrected chi connectivity index (χ3v) is 2.89. The van der Waals surface area contributed by atoms with Crippen molar-refractivity contribution in [1.82, 2.24) is 10.6 Å². The Bertz CT molecular complexity index is 277. The molecule has 3 atom stereocenters. The lowest BCUT2D eigenvalue weighted by molar-refractivity contribution is -0.139. The van der Waals surface area contributed by atoms with Gasteiger partial charge in [0.05, 0.1) is 12.1 Å². The van der Waals surface area contributed by atoms with E-state index in [9.17, 15) is 9.59 Å². The van der Waals surface area contributed by atoms with E-state index >= 15 is 0 Å². The first kappa shape index (κ1) is 13.8. The molecule has 17 heavy (non-hydrogen) atoms. The zero-order valence-corrected chi connectivity index (χ0v) is 10.2. The Kier molecular flexibility index (Phi) is 5.21. The van der Waals surface area contributed by atoms with Gasteiger partial charge in [0.15, 0.2) is 0 Å². The quantitative estimate of drug-likeness (QED) is 0.665. The van der Waals surface area contributed by atoms with Crippen LogP contribution in [0.3, 0.4) is 0 Å². The minimum Gasteiger partial charge on any atom is -0.480 e. The number of hydrogen-bond acceptors (Lipinski definition) is 3. The summed E-state index contributed by atoms with van der Waals surface area (Å²) in [6.45, 7) is 4.30. The normalized spacial score (nSPS) is 22.8. The van der Waals surface area contributed by atoms with E-state index in [1.54, 1.807) is 6.92 Å². The Morgan fingerprint density at radius 2 is 2.18 bits per heavy atom. The van der Waals surface area contributed by atoms with Crippen molar-refractivity contribution in [2.75, 3.05) is 6.61 Å². The largest absolute Gasteiger partial charge is 0.480 e. The van der Waals surface area contributed by atoms with Gasteiger partial charge in [-0.3, -0.25) is 0 Å². The van der Waals surface area contributed by atoms with E-state index in [4.69, 9.17) is 9.84 Å². The van der Waals surface area contributed by atoms with Crippen molar-refractivity contribution in [1.29, 1.82) is 0 Å². The van der Waals surface area contributed by atoms with E-state index in [0.29, 0.717) is 6.42 Å². The number of carboxylic acids is 1. The number of ether oxygens (including phenoxy) is 1. The molecular formula is C11H20N2O4. The zero-order valence-electron chi connectivity index (χ0n) is 10.2. The van der Waals surface area contributed by atoms with Crippen molar-refractivity contribution in [2.24, 2.45) is 0 Å². The molecule has 1 saturated heterocycles. The number of carbonyl (C=O) groups excluding carboxylic acids is 1. The van der Waals surface area contributed by atoms with Gasteiger partial charge in [0.2, 0.25) is 0 Å². The maximum absolute atomic E-state index is 11.5. The molecule has 6 nitrogen and oxygen atoms in total. The van der Waals surface area contributed by atoms with E-state index in [2.05, 4.69) is 10.6 Å². The van der Waals surface area contributed by atoms with Crippen LogP contribution >= 0.6 is 0 Å². The molecule has 0 aliphatic carbocycles. The summed E-state index contributed by atoms with van der Waals surface area (Å²) in [5.74, 6) is -1.02. The molecule has 2 amide bonds. The number of hydrogen-bond donors (Lipinski definition) is 3. The number of aliphatic carboxylic acids is 1. The van der Waals surface area contributed by atoms with Gasteiger partial charge >= 0.3 is 12.0 Å². The fourth-order valence-corrected chi connectivity index (χ4v) is 1.83. The smallest absolute Gasteiger partial charge is 0.326 e. The highest BCUT2D eigenvalue weighted by molar-refractivity contribution is 5.82. The van der Waals surface area contributed by atoms with Crippen LogP contribution < -0.4 is 10.6 Å². The highest BCUT2D eigenvalue weighted by Crippen LogP contribution is 2.15. The molecule has 98 valence electrons. The topological polar surface area (TPSA) is 87.7 Å². The van der Waals surface area contributed by atoms with Crippen molar-refractivity contribution in [2.45, 2.75) is 51.3 Å². The average molecular weight is 244 g/mol. The zero-order chi connectivity index (χ0) is 12.8. The monoisotopic (exact) mass is 244 g/mol. The van der Waals surface area contributed by atoms with Crippen LogP contribution in [0.5, 0.6) is 0 Å². The Hall–Kier alpha value is -1.30. The van der Waals surface area contributed by atoms with Gasteiger partial charge in [0.1, 0.15) is 6.04 Å². The van der Waals surface area contributed by atoms with Crippen molar-refractivity contribution >= 4 is 12.0 Å². The molecule has 1 heterocycles. The number of amides is 2. The van der Waals surface area contributed by atoms with E-state index < -0.39 is 18.0 Å². The third-order valence-electron chi connectivity index (χ3n) is 2.89. The first-order chi connectivity index (χ1) is 8.04. The van der Waals surface area contributed by atoms with Crippen molar-refractivity contribution in [3.8, 4) is 0 Å². The Balaban J connectivity index is 2.35. The maximum Gasteiger partial charge on any atom is 0.326 e. The second-order valence-electron chi connectivity index (χ2n) is 4.26. The van der Waals surface area contributed by atoms with Gasteiger partial charge < -0.3 is 20.5 Å². The van der Waals surface area contributed by atoms with E-state index in [1.807, 2.05) is 6.92 Å². The molecule has 3 unspecified atom stereocenters. The van der Waals surface area contributed by atoms with Gasteiger partial charge in [0, 0.05) is 6.61 Å². The fourth-order valence-electron chi connectivity index (χ4n) is 1.83. The second kappa shape index (κ2) is 6.44. The van der Waals surface area contributed by atoms with Gasteiger partial charge in [-0.05, 0) is 26.2 Å². The summed E-state index contributed by atoms with van der Waals surface area (Å²) in [7, 11) is 0. The van der Waals surface area contributed by atoms with Crippen LogP contribution in [0.4, 0.5) is 4.79 Å². The van der Waals surface area contributed by atoms with Crippen molar-refractivity contribution < 1.29 is 19.4 Å². The molecule has 1 aliphatic heterocycles. The minimum absolute atomic E-state index is 0.0330. The van der Waals surface area contributed by atoms with Crippen molar-refractivity contribution in [3.63, 3.8) is 0 Å². The number of rotatable bonds is 5. The van der Waals surface area contributed by atoms with Crippen LogP contribution in [0.1, 0.15) is 33.1 Å². The standard InChI is InChI=1S/C11H20N2O4/c1-3-8(10(14)15)13-11(16)12-7(2)9-5-4-6-17-9/h7-9H,3-6H2,1-2H3,(H,14,15)(H2,12,13,16). The van der Waals surface area contributed by atoms with Crippen LogP contribution in [-0.2, 0) is 9.53 Å². The molecule has 1 fully saturated rings. The van der Waals surface area contributed by atoms with Gasteiger partial charge in [-0.15, -0.1) is 0 Å². The molecular weight excluding hydrogens is 224 g/mol. The molecule has 0 radical (unpaired) electrons. The lowest BCUT2D eigenvalue weighted by atomic mass is 10.1. The summed E-state index contributed by atoms with van der Waals surface area (Å²) in [5.41, 5.74) is 0. The molecule has 0 spiro atoms. The fraction of sp³-hybridized carbons (Fsp3) is 0.818. The highest BCUT2D eigenvalue weighted by atomic mass is 16.5. The minimum atomic E-state index is -1.02. The summed E-state index contributed by atoms with van der Waals surface area (Å²) in [6.07, 6.45) is 2.32. The number of carboxylic acid groups (broad SMARTS) is 1. The Morgan fingerprint density at radius 3 is 2.65 bits per heavy atom. The van der Waals surface area contributed by atoms with Crippen LogP contribution in [0.25, 0.3) is 0 Å². The molecule has 1 rings (SSSR count). The Morgan fingerprint density at radius 1 is 1.47 bits per heavy atom. The first-order valence-corrected chi connectivity index (χ1v) is 5.96. The second-order valence-corrected chi connectivity index (χ2v) is 4.26. The molecule has 0 aromatic rings. The van der Waals surface area contributed by atoms with Crippen LogP contribution in [0, 0.1) is 0 Å². The third kappa shape index (κ3) is 4.22. The molecule has 0 bridgehead atoms. The molecule has 3 N–H and O–H groups in total. The van der Waals surface area contributed by atoms with Crippen LogP contribution in [0.15, 0.2) is 0 Å². The predicted octanol–water partition coefficient (Wildman–Crippen LogP) is 0.716. The lowest BCUT2D eigenvalue weighted by Crippen LogP contribution is -2.50. The average Bonchev–Trinajstić information content (AvgIpc) is 2.78. The van der Waals surface area contributed by atoms with Crippen LogP contribution in [-0.4, -0.2) is 41.9 Å². The van der Waals surface area contributed by atoms with Crippen LogP contribution in [0.2, 0.25) is 0 Å². The molecule has 0 aromatic carbocycles. The number of urea groups is 1. The number of nitrogens with one attached hydrogen (secondary N) is 2. The van der Waals surface area contributed by atoms with Crippen molar-refractivity contribution in [3.05, 3.63) is 0 Å². The predicted molar refractivity (Wildman–Crippen MR) is 61.8 cm³/mol. The molecule has 6 heteroatoms. The summed E-state index contributed by atoms with van der Waals surface area (Å²) in [5, 5.41) is 13.9. The highest BCUT2D eigenvalue weighted by Gasteiger charge is 2.25. The Labute approximate surface area is 101 Å². The summed E-state index contributed by atoms with van der Waals surface area (Å²) >= 11 is 0. The van der Waals surface area contributed by atoms with Gasteiger partial charge in [0.25, 0.3) is 0 Å². The lowest BCUT2D eigenvalue weighted by Gasteiger charge is -2.21.